The van der Waals surface area contributed by atoms with Gasteiger partial charge in [0.1, 0.15) is 0 Å². The standard InChI is InChI=1S/C18H27BrN4O3/c19-16-5-3-4-15(14-16)17(24)20-7-8-22-18(25)21-6-1-2-9-23-10-12-26-13-11-23/h3-5,14H,1-2,6-13H2,(H,20,24)(H2,21,22,25). The van der Waals surface area contributed by atoms with E-state index in [4.69, 9.17) is 4.74 Å². The van der Waals surface area contributed by atoms with Crippen molar-refractivity contribution in [2.75, 3.05) is 52.5 Å². The average molecular weight is 427 g/mol. The molecule has 0 saturated carbocycles. The van der Waals surface area contributed by atoms with Crippen molar-refractivity contribution in [3.8, 4) is 0 Å². The SMILES string of the molecule is O=C(NCCCCN1CCOCC1)NCCNC(=O)c1cccc(Br)c1. The van der Waals surface area contributed by atoms with Crippen LogP contribution in [0.3, 0.4) is 0 Å². The molecule has 7 nitrogen and oxygen atoms in total. The van der Waals surface area contributed by atoms with Gasteiger partial charge < -0.3 is 20.7 Å². The fourth-order valence-electron chi connectivity index (χ4n) is 2.63. The summed E-state index contributed by atoms with van der Waals surface area (Å²) in [6.45, 7) is 6.11. The molecule has 2 rings (SSSR count). The van der Waals surface area contributed by atoms with Crippen molar-refractivity contribution in [1.29, 1.82) is 0 Å². The number of amides is 3. The summed E-state index contributed by atoms with van der Waals surface area (Å²) < 4.78 is 6.17. The number of rotatable bonds is 9. The Balaban J connectivity index is 1.46. The van der Waals surface area contributed by atoms with E-state index in [1.54, 1.807) is 12.1 Å². The molecule has 1 heterocycles. The van der Waals surface area contributed by atoms with Crippen LogP contribution >= 0.6 is 15.9 Å². The molecule has 0 spiro atoms. The van der Waals surface area contributed by atoms with E-state index in [1.165, 1.54) is 0 Å². The van der Waals surface area contributed by atoms with E-state index in [-0.39, 0.29) is 11.9 Å². The Morgan fingerprint density at radius 1 is 1.04 bits per heavy atom. The number of nitrogens with one attached hydrogen (secondary N) is 3. The first-order chi connectivity index (χ1) is 12.6. The van der Waals surface area contributed by atoms with E-state index in [2.05, 4.69) is 36.8 Å². The molecule has 0 radical (unpaired) electrons. The summed E-state index contributed by atoms with van der Waals surface area (Å²) in [5.74, 6) is -0.156. The molecule has 1 fully saturated rings. The lowest BCUT2D eigenvalue weighted by atomic mass is 10.2. The summed E-state index contributed by atoms with van der Waals surface area (Å²) in [5.41, 5.74) is 0.587. The molecule has 3 N–H and O–H groups in total. The van der Waals surface area contributed by atoms with E-state index >= 15 is 0 Å². The van der Waals surface area contributed by atoms with Gasteiger partial charge in [-0.05, 0) is 37.6 Å². The maximum absolute atomic E-state index is 11.9. The Morgan fingerprint density at radius 3 is 2.54 bits per heavy atom. The largest absolute Gasteiger partial charge is 0.379 e. The van der Waals surface area contributed by atoms with E-state index in [1.807, 2.05) is 12.1 Å². The highest BCUT2D eigenvalue weighted by Gasteiger charge is 2.09. The smallest absolute Gasteiger partial charge is 0.314 e. The van der Waals surface area contributed by atoms with Crippen LogP contribution in [0.25, 0.3) is 0 Å². The average Bonchev–Trinajstić information content (AvgIpc) is 2.65. The number of hydrogen-bond donors (Lipinski definition) is 3. The Kier molecular flexibility index (Phi) is 9.44. The highest BCUT2D eigenvalue weighted by Crippen LogP contribution is 2.11. The fourth-order valence-corrected chi connectivity index (χ4v) is 3.03. The maximum atomic E-state index is 11.9. The number of carbonyl (C=O) groups is 2. The number of nitrogens with zero attached hydrogens (tertiary/aromatic N) is 1. The van der Waals surface area contributed by atoms with Gasteiger partial charge in [0.25, 0.3) is 5.91 Å². The van der Waals surface area contributed by atoms with Gasteiger partial charge in [-0.3, -0.25) is 9.69 Å². The number of hydrogen-bond acceptors (Lipinski definition) is 4. The zero-order valence-electron chi connectivity index (χ0n) is 14.9. The lowest BCUT2D eigenvalue weighted by Crippen LogP contribution is -2.41. The molecule has 1 aliphatic heterocycles. The number of halogens is 1. The lowest BCUT2D eigenvalue weighted by molar-refractivity contribution is 0.0372. The third-order valence-corrected chi connectivity index (χ3v) is 4.57. The predicted molar refractivity (Wildman–Crippen MR) is 104 cm³/mol. The fraction of sp³-hybridized carbons (Fsp3) is 0.556. The van der Waals surface area contributed by atoms with Crippen LogP contribution in [-0.4, -0.2) is 69.3 Å². The van der Waals surface area contributed by atoms with E-state index in [9.17, 15) is 9.59 Å². The summed E-state index contributed by atoms with van der Waals surface area (Å²) >= 11 is 3.34. The highest BCUT2D eigenvalue weighted by atomic mass is 79.9. The molecule has 8 heteroatoms. The first kappa shape index (κ1) is 20.7. The van der Waals surface area contributed by atoms with Crippen molar-refractivity contribution in [1.82, 2.24) is 20.9 Å². The van der Waals surface area contributed by atoms with Crippen molar-refractivity contribution in [3.05, 3.63) is 34.3 Å². The van der Waals surface area contributed by atoms with Gasteiger partial charge in [-0.15, -0.1) is 0 Å². The zero-order valence-corrected chi connectivity index (χ0v) is 16.5. The van der Waals surface area contributed by atoms with Crippen LogP contribution in [0.15, 0.2) is 28.7 Å². The molecule has 0 atom stereocenters. The van der Waals surface area contributed by atoms with Gasteiger partial charge in [-0.1, -0.05) is 22.0 Å². The third kappa shape index (κ3) is 8.16. The molecule has 1 aromatic rings. The Labute approximate surface area is 163 Å². The molecule has 1 aliphatic rings. The minimum absolute atomic E-state index is 0.156. The molecule has 0 aliphatic carbocycles. The minimum Gasteiger partial charge on any atom is -0.379 e. The molecule has 1 saturated heterocycles. The van der Waals surface area contributed by atoms with Crippen molar-refractivity contribution >= 4 is 27.9 Å². The van der Waals surface area contributed by atoms with Crippen LogP contribution in [0.4, 0.5) is 4.79 Å². The molecule has 0 aromatic heterocycles. The number of urea groups is 1. The van der Waals surface area contributed by atoms with E-state index in [0.717, 1.165) is 50.2 Å². The summed E-state index contributed by atoms with van der Waals surface area (Å²) in [6, 6.07) is 6.98. The van der Waals surface area contributed by atoms with Crippen molar-refractivity contribution in [2.24, 2.45) is 0 Å². The van der Waals surface area contributed by atoms with Gasteiger partial charge in [0.15, 0.2) is 0 Å². The van der Waals surface area contributed by atoms with Crippen LogP contribution in [-0.2, 0) is 4.74 Å². The molecule has 26 heavy (non-hydrogen) atoms. The Bertz CT molecular complexity index is 579. The van der Waals surface area contributed by atoms with Crippen molar-refractivity contribution in [3.63, 3.8) is 0 Å². The van der Waals surface area contributed by atoms with Gasteiger partial charge in [-0.25, -0.2) is 4.79 Å². The Hall–Kier alpha value is -1.64. The number of unbranched alkanes of at least 4 members (excludes halogenated alkanes) is 1. The molecule has 1 aromatic carbocycles. The van der Waals surface area contributed by atoms with Gasteiger partial charge in [-0.2, -0.15) is 0 Å². The lowest BCUT2D eigenvalue weighted by Gasteiger charge is -2.26. The maximum Gasteiger partial charge on any atom is 0.314 e. The second-order valence-corrected chi connectivity index (χ2v) is 7.03. The van der Waals surface area contributed by atoms with Gasteiger partial charge in [0.05, 0.1) is 13.2 Å². The first-order valence-corrected chi connectivity index (χ1v) is 9.80. The monoisotopic (exact) mass is 426 g/mol. The number of benzene rings is 1. The topological polar surface area (TPSA) is 82.7 Å². The molecule has 3 amide bonds. The van der Waals surface area contributed by atoms with Crippen LogP contribution in [0.1, 0.15) is 23.2 Å². The molecule has 0 unspecified atom stereocenters. The number of carbonyl (C=O) groups excluding carboxylic acids is 2. The number of ether oxygens (including phenoxy) is 1. The van der Waals surface area contributed by atoms with Crippen LogP contribution < -0.4 is 16.0 Å². The minimum atomic E-state index is -0.201. The zero-order chi connectivity index (χ0) is 18.6. The summed E-state index contributed by atoms with van der Waals surface area (Å²) in [4.78, 5) is 26.0. The predicted octanol–water partition coefficient (Wildman–Crippen LogP) is 1.59. The van der Waals surface area contributed by atoms with Crippen LogP contribution in [0.2, 0.25) is 0 Å². The molecular weight excluding hydrogens is 400 g/mol. The van der Waals surface area contributed by atoms with Crippen molar-refractivity contribution < 1.29 is 14.3 Å². The highest BCUT2D eigenvalue weighted by molar-refractivity contribution is 9.10. The first-order valence-electron chi connectivity index (χ1n) is 9.01. The quantitative estimate of drug-likeness (QED) is 0.523. The molecular formula is C18H27BrN4O3. The second kappa shape index (κ2) is 11.9. The van der Waals surface area contributed by atoms with Crippen molar-refractivity contribution in [2.45, 2.75) is 12.8 Å². The normalized spacial score (nSPS) is 14.7. The summed E-state index contributed by atoms with van der Waals surface area (Å²) in [6.07, 6.45) is 2.01. The third-order valence-electron chi connectivity index (χ3n) is 4.07. The molecule has 0 bridgehead atoms. The summed E-state index contributed by atoms with van der Waals surface area (Å²) in [5, 5.41) is 8.35. The number of morpholine rings is 1. The van der Waals surface area contributed by atoms with E-state index in [0.29, 0.717) is 25.2 Å². The summed E-state index contributed by atoms with van der Waals surface area (Å²) in [7, 11) is 0. The van der Waals surface area contributed by atoms with Crippen LogP contribution in [0.5, 0.6) is 0 Å². The van der Waals surface area contributed by atoms with Gasteiger partial charge in [0, 0.05) is 42.8 Å². The van der Waals surface area contributed by atoms with Gasteiger partial charge in [0.2, 0.25) is 0 Å². The second-order valence-electron chi connectivity index (χ2n) is 6.11. The Morgan fingerprint density at radius 2 is 1.77 bits per heavy atom. The van der Waals surface area contributed by atoms with E-state index < -0.39 is 0 Å². The van der Waals surface area contributed by atoms with Gasteiger partial charge >= 0.3 is 6.03 Å². The van der Waals surface area contributed by atoms with Crippen LogP contribution in [0, 0.1) is 0 Å². The molecule has 144 valence electrons.